The molecule has 1 saturated heterocycles. The van der Waals surface area contributed by atoms with Gasteiger partial charge < -0.3 is 24.1 Å². The molecular formula is C24H28N4O4. The average molecular weight is 437 g/mol. The maximum atomic E-state index is 11.7. The molecule has 1 N–H and O–H groups in total. The minimum atomic E-state index is -0.159. The summed E-state index contributed by atoms with van der Waals surface area (Å²) in [5.41, 5.74) is 3.43. The van der Waals surface area contributed by atoms with Gasteiger partial charge in [0.15, 0.2) is 11.5 Å². The summed E-state index contributed by atoms with van der Waals surface area (Å²) in [6.07, 6.45) is 2.59. The summed E-state index contributed by atoms with van der Waals surface area (Å²) in [5, 5.41) is 2.90. The fraction of sp³-hybridized carbons (Fsp3) is 0.458. The SMILES string of the molecule is COc1ccc(-c2cc3nc(C)n(C4CC4)c3c(OC(C)C3CNC(=O)C3)n2)cc1OC. The van der Waals surface area contributed by atoms with Crippen molar-refractivity contribution < 1.29 is 19.0 Å². The van der Waals surface area contributed by atoms with E-state index < -0.39 is 0 Å². The number of benzene rings is 1. The highest BCUT2D eigenvalue weighted by atomic mass is 16.5. The van der Waals surface area contributed by atoms with Crippen LogP contribution in [0.5, 0.6) is 17.4 Å². The number of nitrogens with zero attached hydrogens (tertiary/aromatic N) is 3. The molecule has 2 aliphatic rings. The Morgan fingerprint density at radius 1 is 1.12 bits per heavy atom. The second-order valence-electron chi connectivity index (χ2n) is 8.60. The second-order valence-corrected chi connectivity index (χ2v) is 8.60. The van der Waals surface area contributed by atoms with E-state index in [4.69, 9.17) is 24.2 Å². The molecule has 1 saturated carbocycles. The van der Waals surface area contributed by atoms with Crippen molar-refractivity contribution in [3.05, 3.63) is 30.1 Å². The van der Waals surface area contributed by atoms with Gasteiger partial charge in [0.1, 0.15) is 17.4 Å². The number of methoxy groups -OCH3 is 2. The highest BCUT2D eigenvalue weighted by Gasteiger charge is 2.32. The number of aryl methyl sites for hydroxylation is 1. The lowest BCUT2D eigenvalue weighted by Gasteiger charge is -2.20. The number of hydrogen-bond donors (Lipinski definition) is 1. The highest BCUT2D eigenvalue weighted by molar-refractivity contribution is 5.86. The molecule has 1 amide bonds. The van der Waals surface area contributed by atoms with E-state index in [1.165, 1.54) is 0 Å². The third-order valence-electron chi connectivity index (χ3n) is 6.37. The first kappa shape index (κ1) is 20.6. The third-order valence-corrected chi connectivity index (χ3v) is 6.37. The van der Waals surface area contributed by atoms with Crippen LogP contribution in [0.4, 0.5) is 0 Å². The van der Waals surface area contributed by atoms with E-state index >= 15 is 0 Å². The van der Waals surface area contributed by atoms with Gasteiger partial charge in [-0.3, -0.25) is 4.79 Å². The van der Waals surface area contributed by atoms with Crippen molar-refractivity contribution in [1.82, 2.24) is 19.9 Å². The van der Waals surface area contributed by atoms with E-state index in [1.807, 2.05) is 38.1 Å². The molecular weight excluding hydrogens is 408 g/mol. The maximum Gasteiger partial charge on any atom is 0.241 e. The molecule has 32 heavy (non-hydrogen) atoms. The normalized spacial score (nSPS) is 19.1. The Balaban J connectivity index is 1.60. The molecule has 1 aromatic carbocycles. The van der Waals surface area contributed by atoms with Crippen molar-refractivity contribution in [2.75, 3.05) is 20.8 Å². The highest BCUT2D eigenvalue weighted by Crippen LogP contribution is 2.42. The number of ether oxygens (including phenoxy) is 3. The zero-order valence-electron chi connectivity index (χ0n) is 18.8. The maximum absolute atomic E-state index is 11.7. The fourth-order valence-corrected chi connectivity index (χ4v) is 4.44. The third kappa shape index (κ3) is 3.63. The Bertz CT molecular complexity index is 1180. The number of imidazole rings is 1. The van der Waals surface area contributed by atoms with Crippen molar-refractivity contribution in [2.24, 2.45) is 5.92 Å². The molecule has 3 aromatic rings. The van der Waals surface area contributed by atoms with Crippen molar-refractivity contribution in [3.63, 3.8) is 0 Å². The van der Waals surface area contributed by atoms with Crippen LogP contribution < -0.4 is 19.5 Å². The van der Waals surface area contributed by atoms with Crippen LogP contribution in [0.15, 0.2) is 24.3 Å². The van der Waals surface area contributed by atoms with E-state index in [9.17, 15) is 4.79 Å². The summed E-state index contributed by atoms with van der Waals surface area (Å²) >= 11 is 0. The first-order valence-corrected chi connectivity index (χ1v) is 11.0. The van der Waals surface area contributed by atoms with Crippen LogP contribution in [0.1, 0.15) is 38.1 Å². The number of amides is 1. The van der Waals surface area contributed by atoms with E-state index in [1.54, 1.807) is 14.2 Å². The van der Waals surface area contributed by atoms with Gasteiger partial charge in [0.25, 0.3) is 0 Å². The Labute approximate surface area is 186 Å². The largest absolute Gasteiger partial charge is 0.493 e. The molecule has 3 heterocycles. The zero-order chi connectivity index (χ0) is 22.4. The molecule has 2 fully saturated rings. The van der Waals surface area contributed by atoms with Gasteiger partial charge in [-0.2, -0.15) is 0 Å². The van der Waals surface area contributed by atoms with Gasteiger partial charge in [0, 0.05) is 30.5 Å². The van der Waals surface area contributed by atoms with Crippen molar-refractivity contribution >= 4 is 16.9 Å². The van der Waals surface area contributed by atoms with Gasteiger partial charge in [-0.25, -0.2) is 9.97 Å². The molecule has 8 heteroatoms. The predicted molar refractivity (Wildman–Crippen MR) is 120 cm³/mol. The molecule has 0 spiro atoms. The fourth-order valence-electron chi connectivity index (χ4n) is 4.44. The number of rotatable bonds is 7. The summed E-state index contributed by atoms with van der Waals surface area (Å²) in [6.45, 7) is 4.66. The Hall–Kier alpha value is -3.29. The number of pyridine rings is 1. The summed E-state index contributed by atoms with van der Waals surface area (Å²) in [4.78, 5) is 21.5. The van der Waals surface area contributed by atoms with Crippen LogP contribution in [0.25, 0.3) is 22.3 Å². The molecule has 0 radical (unpaired) electrons. The van der Waals surface area contributed by atoms with Crippen LogP contribution >= 0.6 is 0 Å². The van der Waals surface area contributed by atoms with Crippen LogP contribution in [-0.2, 0) is 4.79 Å². The molecule has 2 aromatic heterocycles. The lowest BCUT2D eigenvalue weighted by molar-refractivity contribution is -0.119. The summed E-state index contributed by atoms with van der Waals surface area (Å²) in [5.74, 6) is 3.01. The lowest BCUT2D eigenvalue weighted by Crippen LogP contribution is -2.26. The monoisotopic (exact) mass is 436 g/mol. The molecule has 5 rings (SSSR count). The van der Waals surface area contributed by atoms with Gasteiger partial charge in [-0.05, 0) is 51.0 Å². The predicted octanol–water partition coefficient (Wildman–Crippen LogP) is 3.66. The molecule has 0 bridgehead atoms. The van der Waals surface area contributed by atoms with E-state index in [-0.39, 0.29) is 17.9 Å². The number of carbonyl (C=O) groups excluding carboxylic acids is 1. The minimum Gasteiger partial charge on any atom is -0.493 e. The first-order valence-electron chi connectivity index (χ1n) is 11.0. The minimum absolute atomic E-state index is 0.0708. The molecule has 168 valence electrons. The van der Waals surface area contributed by atoms with Gasteiger partial charge >= 0.3 is 0 Å². The van der Waals surface area contributed by atoms with E-state index in [2.05, 4.69) is 9.88 Å². The topological polar surface area (TPSA) is 87.5 Å². The van der Waals surface area contributed by atoms with Gasteiger partial charge in [-0.15, -0.1) is 0 Å². The summed E-state index contributed by atoms with van der Waals surface area (Å²) in [6, 6.07) is 8.17. The first-order chi connectivity index (χ1) is 15.5. The van der Waals surface area contributed by atoms with Gasteiger partial charge in [-0.1, -0.05) is 0 Å². The van der Waals surface area contributed by atoms with Crippen LogP contribution in [0.3, 0.4) is 0 Å². The van der Waals surface area contributed by atoms with E-state index in [0.717, 1.165) is 41.0 Å². The molecule has 8 nitrogen and oxygen atoms in total. The van der Waals surface area contributed by atoms with Crippen molar-refractivity contribution in [1.29, 1.82) is 0 Å². The van der Waals surface area contributed by atoms with Gasteiger partial charge in [0.05, 0.1) is 25.4 Å². The Kier molecular flexibility index (Phi) is 5.15. The van der Waals surface area contributed by atoms with Crippen LogP contribution in [0.2, 0.25) is 0 Å². The number of fused-ring (bicyclic) bond motifs is 1. The van der Waals surface area contributed by atoms with E-state index in [0.29, 0.717) is 36.4 Å². The smallest absolute Gasteiger partial charge is 0.241 e. The van der Waals surface area contributed by atoms with Crippen LogP contribution in [0, 0.1) is 12.8 Å². The van der Waals surface area contributed by atoms with Gasteiger partial charge in [0.2, 0.25) is 11.8 Å². The molecule has 2 atom stereocenters. The number of hydrogen-bond acceptors (Lipinski definition) is 6. The molecule has 1 aliphatic heterocycles. The van der Waals surface area contributed by atoms with Crippen molar-refractivity contribution in [2.45, 2.75) is 45.3 Å². The molecule has 2 unspecified atom stereocenters. The quantitative estimate of drug-likeness (QED) is 0.608. The number of aromatic nitrogens is 3. The van der Waals surface area contributed by atoms with Crippen LogP contribution in [-0.4, -0.2) is 47.3 Å². The summed E-state index contributed by atoms with van der Waals surface area (Å²) in [7, 11) is 3.23. The zero-order valence-corrected chi connectivity index (χ0v) is 18.8. The summed E-state index contributed by atoms with van der Waals surface area (Å²) < 4.78 is 19.5. The Morgan fingerprint density at radius 2 is 1.91 bits per heavy atom. The number of carbonyl (C=O) groups is 1. The number of nitrogens with one attached hydrogen (secondary N) is 1. The Morgan fingerprint density at radius 3 is 2.56 bits per heavy atom. The lowest BCUT2D eigenvalue weighted by atomic mass is 10.0. The van der Waals surface area contributed by atoms with Crippen molar-refractivity contribution in [3.8, 4) is 28.6 Å². The standard InChI is InChI=1S/C24H28N4O4/c1-13(16-10-22(29)25-12-16)32-24-23-19(26-14(2)28(23)17-6-7-17)11-18(27-24)15-5-8-20(30-3)21(9-15)31-4/h5,8-9,11,13,16-17H,6-7,10,12H2,1-4H3,(H,25,29). The second kappa shape index (κ2) is 8.00. The average Bonchev–Trinajstić information content (AvgIpc) is 3.43. The molecule has 1 aliphatic carbocycles.